The van der Waals surface area contributed by atoms with E-state index < -0.39 is 0 Å². The Kier molecular flexibility index (Phi) is 4.35. The molecule has 0 spiro atoms. The summed E-state index contributed by atoms with van der Waals surface area (Å²) in [4.78, 5) is 13.3. The fraction of sp³-hybridized carbons (Fsp3) is 0.900. The SMILES string of the molecule is CC(CN)CN1CCC(C(N)=O)CC1. The van der Waals surface area contributed by atoms with Gasteiger partial charge in [0.25, 0.3) is 0 Å². The fourth-order valence-corrected chi connectivity index (χ4v) is 1.92. The minimum Gasteiger partial charge on any atom is -0.369 e. The molecule has 14 heavy (non-hydrogen) atoms. The molecule has 1 saturated heterocycles. The zero-order valence-electron chi connectivity index (χ0n) is 8.91. The lowest BCUT2D eigenvalue weighted by Gasteiger charge is -2.31. The Hall–Kier alpha value is -0.610. The van der Waals surface area contributed by atoms with Crippen molar-refractivity contribution in [2.75, 3.05) is 26.2 Å². The van der Waals surface area contributed by atoms with E-state index in [9.17, 15) is 4.79 Å². The number of rotatable bonds is 4. The monoisotopic (exact) mass is 199 g/mol. The average molecular weight is 199 g/mol. The van der Waals surface area contributed by atoms with Crippen LogP contribution in [0.4, 0.5) is 0 Å². The van der Waals surface area contributed by atoms with Gasteiger partial charge in [-0.25, -0.2) is 0 Å². The van der Waals surface area contributed by atoms with Crippen LogP contribution >= 0.6 is 0 Å². The molecule has 1 amide bonds. The van der Waals surface area contributed by atoms with Crippen LogP contribution < -0.4 is 11.5 Å². The second-order valence-corrected chi connectivity index (χ2v) is 4.32. The smallest absolute Gasteiger partial charge is 0.220 e. The second-order valence-electron chi connectivity index (χ2n) is 4.32. The first-order valence-corrected chi connectivity index (χ1v) is 5.35. The number of likely N-dealkylation sites (tertiary alicyclic amines) is 1. The van der Waals surface area contributed by atoms with E-state index in [0.717, 1.165) is 39.0 Å². The number of primary amides is 1. The molecule has 4 nitrogen and oxygen atoms in total. The van der Waals surface area contributed by atoms with Gasteiger partial charge in [0.15, 0.2) is 0 Å². The van der Waals surface area contributed by atoms with Gasteiger partial charge in [-0.2, -0.15) is 0 Å². The molecule has 0 saturated carbocycles. The van der Waals surface area contributed by atoms with Crippen LogP contribution in [0.2, 0.25) is 0 Å². The molecule has 1 unspecified atom stereocenters. The summed E-state index contributed by atoms with van der Waals surface area (Å²) in [7, 11) is 0. The number of carbonyl (C=O) groups is 1. The van der Waals surface area contributed by atoms with E-state index in [4.69, 9.17) is 11.5 Å². The summed E-state index contributed by atoms with van der Waals surface area (Å²) in [5, 5.41) is 0. The van der Waals surface area contributed by atoms with Crippen molar-refractivity contribution in [1.82, 2.24) is 4.90 Å². The Balaban J connectivity index is 2.25. The summed E-state index contributed by atoms with van der Waals surface area (Å²) >= 11 is 0. The molecule has 0 aliphatic carbocycles. The first-order chi connectivity index (χ1) is 6.63. The molecule has 1 fully saturated rings. The van der Waals surface area contributed by atoms with Gasteiger partial charge < -0.3 is 16.4 Å². The summed E-state index contributed by atoms with van der Waals surface area (Å²) in [6.07, 6.45) is 1.82. The predicted octanol–water partition coefficient (Wildman–Crippen LogP) is -0.221. The highest BCUT2D eigenvalue weighted by atomic mass is 16.1. The molecule has 0 bridgehead atoms. The molecule has 82 valence electrons. The topological polar surface area (TPSA) is 72.3 Å². The minimum absolute atomic E-state index is 0.0967. The molecule has 4 heteroatoms. The van der Waals surface area contributed by atoms with Crippen molar-refractivity contribution in [3.8, 4) is 0 Å². The van der Waals surface area contributed by atoms with Crippen LogP contribution in [0.1, 0.15) is 19.8 Å². The Morgan fingerprint density at radius 1 is 1.50 bits per heavy atom. The summed E-state index contributed by atoms with van der Waals surface area (Å²) in [5.41, 5.74) is 10.8. The molecule has 0 aromatic carbocycles. The van der Waals surface area contributed by atoms with Crippen LogP contribution in [-0.4, -0.2) is 37.0 Å². The molecule has 0 aromatic heterocycles. The molecule has 1 rings (SSSR count). The zero-order chi connectivity index (χ0) is 10.6. The van der Waals surface area contributed by atoms with Gasteiger partial charge in [-0.3, -0.25) is 4.79 Å². The maximum absolute atomic E-state index is 10.9. The molecule has 1 aliphatic heterocycles. The number of amides is 1. The van der Waals surface area contributed by atoms with Crippen molar-refractivity contribution < 1.29 is 4.79 Å². The number of hydrogen-bond donors (Lipinski definition) is 2. The first kappa shape index (κ1) is 11.5. The largest absolute Gasteiger partial charge is 0.369 e. The maximum atomic E-state index is 10.9. The highest BCUT2D eigenvalue weighted by molar-refractivity contribution is 5.76. The highest BCUT2D eigenvalue weighted by Crippen LogP contribution is 2.17. The Morgan fingerprint density at radius 2 is 2.07 bits per heavy atom. The van der Waals surface area contributed by atoms with E-state index in [2.05, 4.69) is 11.8 Å². The summed E-state index contributed by atoms with van der Waals surface area (Å²) in [6.45, 7) is 5.90. The minimum atomic E-state index is -0.142. The van der Waals surface area contributed by atoms with Crippen molar-refractivity contribution in [3.63, 3.8) is 0 Å². The van der Waals surface area contributed by atoms with E-state index in [0.29, 0.717) is 5.92 Å². The van der Waals surface area contributed by atoms with E-state index in [1.54, 1.807) is 0 Å². The van der Waals surface area contributed by atoms with Gasteiger partial charge in [0.2, 0.25) is 5.91 Å². The van der Waals surface area contributed by atoms with Crippen molar-refractivity contribution in [3.05, 3.63) is 0 Å². The van der Waals surface area contributed by atoms with Crippen LogP contribution in [0.3, 0.4) is 0 Å². The van der Waals surface area contributed by atoms with E-state index in [1.807, 2.05) is 0 Å². The number of carbonyl (C=O) groups excluding carboxylic acids is 1. The number of piperidine rings is 1. The average Bonchev–Trinajstić information content (AvgIpc) is 2.18. The van der Waals surface area contributed by atoms with Crippen LogP contribution in [0.15, 0.2) is 0 Å². The number of hydrogen-bond acceptors (Lipinski definition) is 3. The molecular weight excluding hydrogens is 178 g/mol. The molecule has 1 heterocycles. The Labute approximate surface area is 85.6 Å². The fourth-order valence-electron chi connectivity index (χ4n) is 1.92. The summed E-state index contributed by atoms with van der Waals surface area (Å²) < 4.78 is 0. The van der Waals surface area contributed by atoms with Gasteiger partial charge in [0.1, 0.15) is 0 Å². The third-order valence-corrected chi connectivity index (χ3v) is 2.96. The van der Waals surface area contributed by atoms with Gasteiger partial charge in [0, 0.05) is 12.5 Å². The van der Waals surface area contributed by atoms with Crippen molar-refractivity contribution in [1.29, 1.82) is 0 Å². The lowest BCUT2D eigenvalue weighted by atomic mass is 9.95. The normalized spacial score (nSPS) is 22.1. The predicted molar refractivity (Wildman–Crippen MR) is 56.6 cm³/mol. The van der Waals surface area contributed by atoms with Gasteiger partial charge in [-0.05, 0) is 38.4 Å². The van der Waals surface area contributed by atoms with Gasteiger partial charge in [-0.15, -0.1) is 0 Å². The van der Waals surface area contributed by atoms with E-state index in [-0.39, 0.29) is 11.8 Å². The second kappa shape index (κ2) is 5.32. The molecular formula is C10H21N3O. The van der Waals surface area contributed by atoms with Gasteiger partial charge in [0.05, 0.1) is 0 Å². The molecule has 1 atom stereocenters. The van der Waals surface area contributed by atoms with Gasteiger partial charge in [-0.1, -0.05) is 6.92 Å². The van der Waals surface area contributed by atoms with Crippen LogP contribution in [0.25, 0.3) is 0 Å². The molecule has 0 aromatic rings. The van der Waals surface area contributed by atoms with E-state index in [1.165, 1.54) is 0 Å². The Morgan fingerprint density at radius 3 is 2.50 bits per heavy atom. The first-order valence-electron chi connectivity index (χ1n) is 5.35. The Bertz CT molecular complexity index is 188. The van der Waals surface area contributed by atoms with Crippen molar-refractivity contribution in [2.45, 2.75) is 19.8 Å². The molecule has 0 radical (unpaired) electrons. The third kappa shape index (κ3) is 3.27. The van der Waals surface area contributed by atoms with E-state index >= 15 is 0 Å². The number of nitrogens with two attached hydrogens (primary N) is 2. The lowest BCUT2D eigenvalue weighted by Crippen LogP contribution is -2.41. The van der Waals surface area contributed by atoms with Gasteiger partial charge >= 0.3 is 0 Å². The van der Waals surface area contributed by atoms with Crippen LogP contribution in [0, 0.1) is 11.8 Å². The van der Waals surface area contributed by atoms with Crippen LogP contribution in [-0.2, 0) is 4.79 Å². The summed E-state index contributed by atoms with van der Waals surface area (Å²) in [5.74, 6) is 0.496. The maximum Gasteiger partial charge on any atom is 0.220 e. The third-order valence-electron chi connectivity index (χ3n) is 2.96. The molecule has 4 N–H and O–H groups in total. The lowest BCUT2D eigenvalue weighted by molar-refractivity contribution is -0.123. The van der Waals surface area contributed by atoms with Crippen molar-refractivity contribution >= 4 is 5.91 Å². The van der Waals surface area contributed by atoms with Crippen molar-refractivity contribution in [2.24, 2.45) is 23.3 Å². The molecule has 1 aliphatic rings. The standard InChI is InChI=1S/C10H21N3O/c1-8(6-11)7-13-4-2-9(3-5-13)10(12)14/h8-9H,2-7,11H2,1H3,(H2,12,14). The highest BCUT2D eigenvalue weighted by Gasteiger charge is 2.23. The number of nitrogens with zero attached hydrogens (tertiary/aromatic N) is 1. The quantitative estimate of drug-likeness (QED) is 0.657. The summed E-state index contributed by atoms with van der Waals surface area (Å²) in [6, 6.07) is 0. The van der Waals surface area contributed by atoms with Crippen LogP contribution in [0.5, 0.6) is 0 Å². The zero-order valence-corrected chi connectivity index (χ0v) is 8.91.